The zero-order valence-electron chi connectivity index (χ0n) is 17.5. The molecule has 1 aromatic heterocycles. The Labute approximate surface area is 177 Å². The minimum Gasteiger partial charge on any atom is -0.493 e. The van der Waals surface area contributed by atoms with Gasteiger partial charge in [0.25, 0.3) is 5.91 Å². The number of ether oxygens (including phenoxy) is 2. The van der Waals surface area contributed by atoms with Gasteiger partial charge in [-0.2, -0.15) is 4.39 Å². The van der Waals surface area contributed by atoms with Crippen LogP contribution in [0.5, 0.6) is 5.75 Å². The van der Waals surface area contributed by atoms with E-state index >= 15 is 0 Å². The summed E-state index contributed by atoms with van der Waals surface area (Å²) in [6.45, 7) is 5.44. The number of amides is 2. The number of aromatic nitrogens is 1. The number of methoxy groups -OCH3 is 1. The molecule has 166 valence electrons. The molecule has 10 heteroatoms. The van der Waals surface area contributed by atoms with Crippen molar-refractivity contribution in [2.75, 3.05) is 12.4 Å². The van der Waals surface area contributed by atoms with Gasteiger partial charge in [-0.3, -0.25) is 14.8 Å². The number of hydrogen-bond donors (Lipinski definition) is 3. The summed E-state index contributed by atoms with van der Waals surface area (Å²) in [4.78, 5) is 24.6. The van der Waals surface area contributed by atoms with Crippen molar-refractivity contribution in [3.8, 4) is 5.75 Å². The van der Waals surface area contributed by atoms with Crippen LogP contribution in [0.2, 0.25) is 0 Å². The van der Waals surface area contributed by atoms with E-state index in [0.717, 1.165) is 12.3 Å². The van der Waals surface area contributed by atoms with Gasteiger partial charge in [0.15, 0.2) is 11.6 Å². The van der Waals surface area contributed by atoms with Crippen molar-refractivity contribution in [1.29, 1.82) is 0 Å². The minimum atomic E-state index is -1.14. The van der Waals surface area contributed by atoms with E-state index in [1.165, 1.54) is 25.3 Å². The van der Waals surface area contributed by atoms with Gasteiger partial charge in [0.05, 0.1) is 18.4 Å². The Morgan fingerprint density at radius 2 is 1.97 bits per heavy atom. The van der Waals surface area contributed by atoms with Crippen LogP contribution in [-0.2, 0) is 9.53 Å². The molecule has 2 aromatic rings. The maximum absolute atomic E-state index is 14.4. The molecule has 1 fully saturated rings. The van der Waals surface area contributed by atoms with Crippen LogP contribution in [0.1, 0.15) is 42.7 Å². The average molecular weight is 436 g/mol. The fourth-order valence-electron chi connectivity index (χ4n) is 3.84. The summed E-state index contributed by atoms with van der Waals surface area (Å²) in [6, 6.07) is 4.93. The number of nitrogens with zero attached hydrogens (tertiary/aromatic N) is 1. The summed E-state index contributed by atoms with van der Waals surface area (Å²) >= 11 is 0. The van der Waals surface area contributed by atoms with E-state index in [4.69, 9.17) is 15.2 Å². The van der Waals surface area contributed by atoms with Crippen LogP contribution in [0.25, 0.3) is 0 Å². The summed E-state index contributed by atoms with van der Waals surface area (Å²) in [5.74, 6) is -4.87. The van der Waals surface area contributed by atoms with Gasteiger partial charge < -0.3 is 20.5 Å². The lowest BCUT2D eigenvalue weighted by Crippen LogP contribution is -2.40. The van der Waals surface area contributed by atoms with E-state index in [-0.39, 0.29) is 23.0 Å². The highest BCUT2D eigenvalue weighted by molar-refractivity contribution is 5.97. The van der Waals surface area contributed by atoms with Gasteiger partial charge in [-0.05, 0) is 25.8 Å². The molecule has 1 aliphatic rings. The number of hydrogen-bond acceptors (Lipinski definition) is 5. The van der Waals surface area contributed by atoms with Crippen LogP contribution >= 0.6 is 0 Å². The second kappa shape index (κ2) is 8.10. The van der Waals surface area contributed by atoms with Crippen LogP contribution in [0.4, 0.5) is 14.5 Å². The first-order valence-corrected chi connectivity index (χ1v) is 9.53. The van der Waals surface area contributed by atoms with Gasteiger partial charge in [-0.1, -0.05) is 13.0 Å². The SMILES string of the molecule is COc1c([C@H]2[C@@H](C(=O)Nc3cc[n+](O)c(C(N)=O)c3)OC(C)(C)[C@@H]2C)ccc(F)c1F. The van der Waals surface area contributed by atoms with Gasteiger partial charge in [0, 0.05) is 28.3 Å². The Hall–Kier alpha value is -3.27. The standard InChI is InChI=1S/C21H23F2N3O5/c1-10-15(12-5-6-13(22)16(23)17(12)30-4)18(31-21(10,2)3)20(28)25-11-7-8-26(29)14(9-11)19(24)27/h5-10,15,18,29H,1-4H3,(H2,24,27)/p+1/t10-,15+,18+/m1/s1. The summed E-state index contributed by atoms with van der Waals surface area (Å²) in [5, 5.41) is 12.3. The highest BCUT2D eigenvalue weighted by Gasteiger charge is 2.51. The van der Waals surface area contributed by atoms with Crippen molar-refractivity contribution in [2.24, 2.45) is 11.7 Å². The number of pyridine rings is 1. The monoisotopic (exact) mass is 436 g/mol. The van der Waals surface area contributed by atoms with Crippen molar-refractivity contribution in [3.05, 3.63) is 53.4 Å². The smallest absolute Gasteiger partial charge is 0.323 e. The summed E-state index contributed by atoms with van der Waals surface area (Å²) in [5.41, 5.74) is 4.71. The van der Waals surface area contributed by atoms with E-state index in [9.17, 15) is 23.6 Å². The number of benzene rings is 1. The first-order valence-electron chi connectivity index (χ1n) is 9.53. The third-order valence-corrected chi connectivity index (χ3v) is 5.75. The fourth-order valence-corrected chi connectivity index (χ4v) is 3.84. The number of anilines is 1. The first-order chi connectivity index (χ1) is 14.5. The molecule has 0 bridgehead atoms. The molecular weight excluding hydrogens is 412 g/mol. The lowest BCUT2D eigenvalue weighted by Gasteiger charge is -2.25. The topological polar surface area (TPSA) is 115 Å². The molecular formula is C21H24F2N3O5+. The maximum Gasteiger partial charge on any atom is 0.323 e. The predicted octanol–water partition coefficient (Wildman–Crippen LogP) is 2.13. The van der Waals surface area contributed by atoms with Crippen molar-refractivity contribution in [1.82, 2.24) is 0 Å². The molecule has 4 N–H and O–H groups in total. The average Bonchev–Trinajstić information content (AvgIpc) is 2.94. The molecule has 0 aliphatic carbocycles. The van der Waals surface area contributed by atoms with Crippen LogP contribution in [0.15, 0.2) is 30.5 Å². The zero-order chi connectivity index (χ0) is 23.1. The van der Waals surface area contributed by atoms with Crippen molar-refractivity contribution in [2.45, 2.75) is 38.4 Å². The minimum absolute atomic E-state index is 0.195. The molecule has 31 heavy (non-hydrogen) atoms. The lowest BCUT2D eigenvalue weighted by atomic mass is 9.78. The van der Waals surface area contributed by atoms with Crippen LogP contribution in [0, 0.1) is 17.6 Å². The van der Waals surface area contributed by atoms with Crippen molar-refractivity contribution < 1.29 is 37.8 Å². The van der Waals surface area contributed by atoms with Crippen molar-refractivity contribution in [3.63, 3.8) is 0 Å². The van der Waals surface area contributed by atoms with E-state index < -0.39 is 41.1 Å². The molecule has 2 amide bonds. The number of nitrogens with one attached hydrogen (secondary N) is 1. The second-order valence-corrected chi connectivity index (χ2v) is 7.94. The predicted molar refractivity (Wildman–Crippen MR) is 105 cm³/mol. The quantitative estimate of drug-likeness (QED) is 0.491. The molecule has 0 unspecified atom stereocenters. The van der Waals surface area contributed by atoms with Gasteiger partial charge in [0.2, 0.25) is 12.0 Å². The largest absolute Gasteiger partial charge is 0.493 e. The second-order valence-electron chi connectivity index (χ2n) is 7.94. The highest BCUT2D eigenvalue weighted by atomic mass is 19.2. The molecule has 0 saturated carbocycles. The Morgan fingerprint density at radius 1 is 1.29 bits per heavy atom. The Kier molecular flexibility index (Phi) is 5.86. The summed E-state index contributed by atoms with van der Waals surface area (Å²) in [7, 11) is 1.22. The summed E-state index contributed by atoms with van der Waals surface area (Å²) in [6.07, 6.45) is 0.0791. The molecule has 1 aromatic carbocycles. The van der Waals surface area contributed by atoms with Crippen LogP contribution in [-0.4, -0.2) is 35.8 Å². The molecule has 2 heterocycles. The number of nitrogens with two attached hydrogens (primary N) is 1. The normalized spacial score (nSPS) is 22.2. The molecule has 1 saturated heterocycles. The number of halogens is 2. The molecule has 0 radical (unpaired) electrons. The van der Waals surface area contributed by atoms with Crippen LogP contribution in [0.3, 0.4) is 0 Å². The fraction of sp³-hybridized carbons (Fsp3) is 0.381. The van der Waals surface area contributed by atoms with Gasteiger partial charge >= 0.3 is 11.6 Å². The Morgan fingerprint density at radius 3 is 2.58 bits per heavy atom. The Balaban J connectivity index is 1.99. The van der Waals surface area contributed by atoms with Gasteiger partial charge in [0.1, 0.15) is 6.10 Å². The molecule has 1 aliphatic heterocycles. The lowest BCUT2D eigenvalue weighted by molar-refractivity contribution is -0.905. The van der Waals surface area contributed by atoms with Gasteiger partial charge in [-0.25, -0.2) is 4.39 Å². The molecule has 3 rings (SSSR count). The third-order valence-electron chi connectivity index (χ3n) is 5.75. The van der Waals surface area contributed by atoms with E-state index in [0.29, 0.717) is 10.3 Å². The highest BCUT2D eigenvalue weighted by Crippen LogP contribution is 2.49. The summed E-state index contributed by atoms with van der Waals surface area (Å²) < 4.78 is 39.7. The molecule has 8 nitrogen and oxygen atoms in total. The molecule has 0 spiro atoms. The van der Waals surface area contributed by atoms with E-state index in [1.807, 2.05) is 6.92 Å². The van der Waals surface area contributed by atoms with E-state index in [2.05, 4.69) is 5.32 Å². The van der Waals surface area contributed by atoms with Crippen LogP contribution < -0.4 is 20.5 Å². The van der Waals surface area contributed by atoms with Crippen molar-refractivity contribution >= 4 is 17.5 Å². The number of rotatable bonds is 5. The Bertz CT molecular complexity index is 1040. The number of carbonyl (C=O) groups is 2. The first kappa shape index (κ1) is 22.4. The molecule has 3 atom stereocenters. The number of carbonyl (C=O) groups excluding carboxylic acids is 2. The number of primary amides is 1. The van der Waals surface area contributed by atoms with E-state index in [1.54, 1.807) is 13.8 Å². The maximum atomic E-state index is 14.4. The third kappa shape index (κ3) is 4.02. The van der Waals surface area contributed by atoms with Gasteiger partial charge in [-0.15, -0.1) is 0 Å². The zero-order valence-corrected chi connectivity index (χ0v) is 17.5.